The van der Waals surface area contributed by atoms with Crippen molar-refractivity contribution in [3.63, 3.8) is 0 Å². The Labute approximate surface area is 155 Å². The quantitative estimate of drug-likeness (QED) is 0.789. The highest BCUT2D eigenvalue weighted by molar-refractivity contribution is 7.15. The predicted octanol–water partition coefficient (Wildman–Crippen LogP) is 2.56. The molecule has 0 aliphatic carbocycles. The van der Waals surface area contributed by atoms with E-state index in [0.717, 1.165) is 15.5 Å². The number of nitrogens with zero attached hydrogens (tertiary/aromatic N) is 2. The minimum Gasteiger partial charge on any atom is -0.319 e. The summed E-state index contributed by atoms with van der Waals surface area (Å²) in [6, 6.07) is 8.50. The standard InChI is InChI=1S/C18H20N4O3S/c1-4-18(13-8-6-5-7-9-13)15(24)22(17(25)21-18)10-14(23)20-16-19-11(2)12(3)26-16/h5-9H,4,10H2,1-3H3,(H,21,25)(H,19,20,23)/t18-/m0/s1. The lowest BCUT2D eigenvalue weighted by Crippen LogP contribution is -2.44. The Morgan fingerprint density at radius 2 is 1.96 bits per heavy atom. The molecular formula is C18H20N4O3S. The number of aromatic nitrogens is 1. The van der Waals surface area contributed by atoms with Crippen molar-refractivity contribution >= 4 is 34.3 Å². The topological polar surface area (TPSA) is 91.4 Å². The summed E-state index contributed by atoms with van der Waals surface area (Å²) in [6.07, 6.45) is 0.393. The van der Waals surface area contributed by atoms with Crippen LogP contribution in [0.15, 0.2) is 30.3 Å². The Kier molecular flexibility index (Phi) is 4.78. The monoisotopic (exact) mass is 372 g/mol. The summed E-state index contributed by atoms with van der Waals surface area (Å²) in [5.41, 5.74) is 0.414. The zero-order valence-electron chi connectivity index (χ0n) is 14.8. The van der Waals surface area contributed by atoms with Gasteiger partial charge in [0.25, 0.3) is 5.91 Å². The molecule has 0 saturated carbocycles. The summed E-state index contributed by atoms with van der Waals surface area (Å²) in [5.74, 6) is -0.875. The Balaban J connectivity index is 1.77. The van der Waals surface area contributed by atoms with Crippen LogP contribution in [0.3, 0.4) is 0 Å². The summed E-state index contributed by atoms with van der Waals surface area (Å²) in [5, 5.41) is 5.87. The normalized spacial score (nSPS) is 19.6. The molecule has 1 aromatic heterocycles. The average molecular weight is 372 g/mol. The minimum absolute atomic E-state index is 0.350. The summed E-state index contributed by atoms with van der Waals surface area (Å²) in [6.45, 7) is 5.25. The largest absolute Gasteiger partial charge is 0.325 e. The number of imide groups is 1. The molecule has 0 spiro atoms. The lowest BCUT2D eigenvalue weighted by atomic mass is 9.87. The first kappa shape index (κ1) is 18.1. The summed E-state index contributed by atoms with van der Waals surface area (Å²) in [4.78, 5) is 43.8. The molecule has 4 amide bonds. The molecule has 3 rings (SSSR count). The molecule has 1 saturated heterocycles. The second kappa shape index (κ2) is 6.87. The molecule has 2 heterocycles. The van der Waals surface area contributed by atoms with Gasteiger partial charge in [0, 0.05) is 4.88 Å². The van der Waals surface area contributed by atoms with Crippen LogP contribution in [-0.2, 0) is 15.1 Å². The van der Waals surface area contributed by atoms with Crippen molar-refractivity contribution in [2.24, 2.45) is 0 Å². The summed E-state index contributed by atoms with van der Waals surface area (Å²) in [7, 11) is 0. The number of carbonyl (C=O) groups is 3. The van der Waals surface area contributed by atoms with Gasteiger partial charge in [0.15, 0.2) is 5.13 Å². The van der Waals surface area contributed by atoms with E-state index in [9.17, 15) is 14.4 Å². The van der Waals surface area contributed by atoms with E-state index in [4.69, 9.17) is 0 Å². The predicted molar refractivity (Wildman–Crippen MR) is 98.9 cm³/mol. The van der Waals surface area contributed by atoms with Crippen molar-refractivity contribution in [2.45, 2.75) is 32.7 Å². The van der Waals surface area contributed by atoms with E-state index in [1.54, 1.807) is 12.1 Å². The fourth-order valence-corrected chi connectivity index (χ4v) is 3.79. The van der Waals surface area contributed by atoms with Crippen molar-refractivity contribution in [3.05, 3.63) is 46.5 Å². The van der Waals surface area contributed by atoms with Crippen LogP contribution in [-0.4, -0.2) is 34.3 Å². The van der Waals surface area contributed by atoms with Crippen LogP contribution in [0, 0.1) is 13.8 Å². The molecular weight excluding hydrogens is 352 g/mol. The third-order valence-electron chi connectivity index (χ3n) is 4.55. The van der Waals surface area contributed by atoms with Crippen molar-refractivity contribution in [2.75, 3.05) is 11.9 Å². The van der Waals surface area contributed by atoms with Crippen molar-refractivity contribution < 1.29 is 14.4 Å². The van der Waals surface area contributed by atoms with E-state index in [1.165, 1.54) is 11.3 Å². The lowest BCUT2D eigenvalue weighted by Gasteiger charge is -2.25. The molecule has 2 aromatic rings. The zero-order valence-corrected chi connectivity index (χ0v) is 15.6. The van der Waals surface area contributed by atoms with E-state index in [0.29, 0.717) is 17.1 Å². The molecule has 1 aliphatic rings. The van der Waals surface area contributed by atoms with Gasteiger partial charge in [-0.3, -0.25) is 14.5 Å². The number of hydrogen-bond donors (Lipinski definition) is 2. The molecule has 0 bridgehead atoms. The molecule has 7 nitrogen and oxygen atoms in total. The maximum absolute atomic E-state index is 13.0. The third-order valence-corrected chi connectivity index (χ3v) is 5.54. The van der Waals surface area contributed by atoms with E-state index in [2.05, 4.69) is 15.6 Å². The molecule has 1 aromatic carbocycles. The average Bonchev–Trinajstić information content (AvgIpc) is 3.06. The first-order chi connectivity index (χ1) is 12.4. The fourth-order valence-electron chi connectivity index (χ4n) is 2.96. The highest BCUT2D eigenvalue weighted by Crippen LogP contribution is 2.32. The number of nitrogens with one attached hydrogen (secondary N) is 2. The second-order valence-electron chi connectivity index (χ2n) is 6.16. The number of amides is 4. The fraction of sp³-hybridized carbons (Fsp3) is 0.333. The van der Waals surface area contributed by atoms with Gasteiger partial charge in [-0.1, -0.05) is 37.3 Å². The highest BCUT2D eigenvalue weighted by atomic mass is 32.1. The van der Waals surface area contributed by atoms with Gasteiger partial charge in [-0.25, -0.2) is 9.78 Å². The lowest BCUT2D eigenvalue weighted by molar-refractivity contribution is -0.134. The number of urea groups is 1. The molecule has 136 valence electrons. The number of thiazole rings is 1. The second-order valence-corrected chi connectivity index (χ2v) is 7.36. The highest BCUT2D eigenvalue weighted by Gasteiger charge is 2.51. The van der Waals surface area contributed by atoms with Crippen molar-refractivity contribution in [1.82, 2.24) is 15.2 Å². The zero-order chi connectivity index (χ0) is 18.9. The van der Waals surface area contributed by atoms with E-state index >= 15 is 0 Å². The SMILES string of the molecule is CC[C@@]1(c2ccccc2)NC(=O)N(CC(=O)Nc2nc(C)c(C)s2)C1=O. The van der Waals surface area contributed by atoms with Gasteiger partial charge < -0.3 is 10.6 Å². The van der Waals surface area contributed by atoms with Crippen molar-refractivity contribution in [1.29, 1.82) is 0 Å². The van der Waals surface area contributed by atoms with Gasteiger partial charge in [0.2, 0.25) is 5.91 Å². The van der Waals surface area contributed by atoms with Crippen LogP contribution in [0.1, 0.15) is 29.5 Å². The number of aryl methyl sites for hydroxylation is 2. The molecule has 1 atom stereocenters. The molecule has 26 heavy (non-hydrogen) atoms. The molecule has 0 radical (unpaired) electrons. The van der Waals surface area contributed by atoms with Crippen LogP contribution in [0.2, 0.25) is 0 Å². The molecule has 2 N–H and O–H groups in total. The Morgan fingerprint density at radius 1 is 1.27 bits per heavy atom. The van der Waals surface area contributed by atoms with Crippen LogP contribution >= 0.6 is 11.3 Å². The Hall–Kier alpha value is -2.74. The van der Waals surface area contributed by atoms with Crippen LogP contribution in [0.4, 0.5) is 9.93 Å². The number of benzene rings is 1. The smallest absolute Gasteiger partial charge is 0.319 e. The minimum atomic E-state index is -1.13. The first-order valence-electron chi connectivity index (χ1n) is 8.31. The molecule has 8 heteroatoms. The number of anilines is 1. The number of rotatable bonds is 5. The maximum Gasteiger partial charge on any atom is 0.325 e. The van der Waals surface area contributed by atoms with Gasteiger partial charge in [-0.2, -0.15) is 0 Å². The van der Waals surface area contributed by atoms with Gasteiger partial charge in [-0.05, 0) is 25.8 Å². The van der Waals surface area contributed by atoms with Gasteiger partial charge in [0.1, 0.15) is 12.1 Å². The third kappa shape index (κ3) is 3.08. The Bertz CT molecular complexity index is 845. The molecule has 0 unspecified atom stereocenters. The van der Waals surface area contributed by atoms with Gasteiger partial charge >= 0.3 is 6.03 Å². The van der Waals surface area contributed by atoms with Crippen LogP contribution in [0.25, 0.3) is 0 Å². The molecule has 1 aliphatic heterocycles. The van der Waals surface area contributed by atoms with Gasteiger partial charge in [0.05, 0.1) is 5.69 Å². The summed E-state index contributed by atoms with van der Waals surface area (Å²) < 4.78 is 0. The first-order valence-corrected chi connectivity index (χ1v) is 9.12. The van der Waals surface area contributed by atoms with E-state index < -0.39 is 23.4 Å². The van der Waals surface area contributed by atoms with Crippen molar-refractivity contribution in [3.8, 4) is 0 Å². The maximum atomic E-state index is 13.0. The molecule has 1 fully saturated rings. The Morgan fingerprint density at radius 3 is 2.54 bits per heavy atom. The van der Waals surface area contributed by atoms with E-state index in [-0.39, 0.29) is 6.54 Å². The van der Waals surface area contributed by atoms with Gasteiger partial charge in [-0.15, -0.1) is 11.3 Å². The van der Waals surface area contributed by atoms with E-state index in [1.807, 2.05) is 39.0 Å². The van der Waals surface area contributed by atoms with Crippen LogP contribution in [0.5, 0.6) is 0 Å². The number of hydrogen-bond acceptors (Lipinski definition) is 5. The van der Waals surface area contributed by atoms with Crippen LogP contribution < -0.4 is 10.6 Å². The number of carbonyl (C=O) groups excluding carboxylic acids is 3. The summed E-state index contributed by atoms with van der Waals surface area (Å²) >= 11 is 1.36.